The zero-order chi connectivity index (χ0) is 12.4. The summed E-state index contributed by atoms with van der Waals surface area (Å²) < 4.78 is 0. The van der Waals surface area contributed by atoms with Crippen LogP contribution in [0.5, 0.6) is 0 Å². The zero-order valence-electron chi connectivity index (χ0n) is 12.0. The van der Waals surface area contributed by atoms with Gasteiger partial charge in [-0.05, 0) is 18.3 Å². The largest absolute Gasteiger partial charge is 0.356 e. The first-order chi connectivity index (χ1) is 7.63. The van der Waals surface area contributed by atoms with Gasteiger partial charge in [-0.1, -0.05) is 40.5 Å². The van der Waals surface area contributed by atoms with Crippen molar-refractivity contribution < 1.29 is 0 Å². The molecule has 3 nitrogen and oxygen atoms in total. The highest BCUT2D eigenvalue weighted by atomic mass is 127. The van der Waals surface area contributed by atoms with Gasteiger partial charge in [-0.25, -0.2) is 0 Å². The van der Waals surface area contributed by atoms with E-state index in [1.807, 2.05) is 7.05 Å². The maximum atomic E-state index is 4.22. The fourth-order valence-electron chi connectivity index (χ4n) is 1.52. The number of halogens is 1. The molecule has 0 aromatic heterocycles. The number of guanidine groups is 1. The first-order valence-corrected chi connectivity index (χ1v) is 6.58. The van der Waals surface area contributed by atoms with Crippen LogP contribution < -0.4 is 10.6 Å². The molecule has 0 atom stereocenters. The highest BCUT2D eigenvalue weighted by molar-refractivity contribution is 14.0. The summed E-state index contributed by atoms with van der Waals surface area (Å²) in [4.78, 5) is 4.22. The summed E-state index contributed by atoms with van der Waals surface area (Å²) in [5, 5.41) is 6.73. The molecule has 0 aliphatic rings. The van der Waals surface area contributed by atoms with Gasteiger partial charge in [0.15, 0.2) is 5.96 Å². The summed E-state index contributed by atoms with van der Waals surface area (Å²) in [5.74, 6) is 2.43. The molecule has 0 amide bonds. The normalized spacial score (nSPS) is 11.6. The van der Waals surface area contributed by atoms with E-state index in [2.05, 4.69) is 43.3 Å². The maximum Gasteiger partial charge on any atom is 0.190 e. The Bertz CT molecular complexity index is 189. The average Bonchev–Trinajstić information content (AvgIpc) is 2.27. The predicted molar refractivity (Wildman–Crippen MR) is 88.3 cm³/mol. The Balaban J connectivity index is 0. The number of hydrogen-bond acceptors (Lipinski definition) is 1. The van der Waals surface area contributed by atoms with Crippen LogP contribution in [0.1, 0.15) is 47.0 Å². The molecule has 0 bridgehead atoms. The molecule has 104 valence electrons. The minimum absolute atomic E-state index is 0. The molecule has 2 N–H and O–H groups in total. The molecule has 4 heteroatoms. The number of aliphatic imine (C=N–C) groups is 1. The molecule has 0 rings (SSSR count). The van der Waals surface area contributed by atoms with Gasteiger partial charge in [-0.2, -0.15) is 0 Å². The summed E-state index contributed by atoms with van der Waals surface area (Å²) >= 11 is 0. The SMILES string of the molecule is CCC(CC)CNC(=NC)NCCC(C)C.I. The van der Waals surface area contributed by atoms with E-state index in [-0.39, 0.29) is 24.0 Å². The van der Waals surface area contributed by atoms with Gasteiger partial charge in [0.2, 0.25) is 0 Å². The summed E-state index contributed by atoms with van der Waals surface area (Å²) in [6.07, 6.45) is 3.64. The van der Waals surface area contributed by atoms with Crippen LogP contribution in [0.3, 0.4) is 0 Å². The lowest BCUT2D eigenvalue weighted by atomic mass is 10.0. The van der Waals surface area contributed by atoms with Crippen LogP contribution in [-0.4, -0.2) is 26.1 Å². The van der Waals surface area contributed by atoms with E-state index >= 15 is 0 Å². The second-order valence-corrected chi connectivity index (χ2v) is 4.74. The van der Waals surface area contributed by atoms with Crippen LogP contribution in [0.25, 0.3) is 0 Å². The zero-order valence-corrected chi connectivity index (χ0v) is 14.4. The van der Waals surface area contributed by atoms with Crippen molar-refractivity contribution in [3.8, 4) is 0 Å². The van der Waals surface area contributed by atoms with Crippen LogP contribution in [0.4, 0.5) is 0 Å². The Morgan fingerprint density at radius 2 is 1.71 bits per heavy atom. The first kappa shape index (κ1) is 19.3. The van der Waals surface area contributed by atoms with Gasteiger partial charge in [-0.15, -0.1) is 24.0 Å². The average molecular weight is 355 g/mol. The molecule has 0 aliphatic heterocycles. The quantitative estimate of drug-likeness (QED) is 0.418. The van der Waals surface area contributed by atoms with Crippen molar-refractivity contribution >= 4 is 29.9 Å². The number of nitrogens with zero attached hydrogens (tertiary/aromatic N) is 1. The third kappa shape index (κ3) is 10.9. The molecule has 0 aromatic carbocycles. The van der Waals surface area contributed by atoms with E-state index in [9.17, 15) is 0 Å². The second kappa shape index (κ2) is 12.5. The summed E-state index contributed by atoms with van der Waals surface area (Å²) in [5.41, 5.74) is 0. The fraction of sp³-hybridized carbons (Fsp3) is 0.923. The van der Waals surface area contributed by atoms with Crippen molar-refractivity contribution in [3.05, 3.63) is 0 Å². The van der Waals surface area contributed by atoms with Crippen molar-refractivity contribution in [1.29, 1.82) is 0 Å². The molecule has 0 heterocycles. The van der Waals surface area contributed by atoms with Crippen LogP contribution >= 0.6 is 24.0 Å². The number of nitrogens with one attached hydrogen (secondary N) is 2. The third-order valence-corrected chi connectivity index (χ3v) is 2.95. The van der Waals surface area contributed by atoms with Crippen molar-refractivity contribution in [1.82, 2.24) is 10.6 Å². The molecule has 0 saturated heterocycles. The monoisotopic (exact) mass is 355 g/mol. The Hall–Kier alpha value is 0. The minimum atomic E-state index is 0. The molecule has 17 heavy (non-hydrogen) atoms. The number of hydrogen-bond donors (Lipinski definition) is 2. The van der Waals surface area contributed by atoms with E-state index in [1.54, 1.807) is 0 Å². The van der Waals surface area contributed by atoms with E-state index in [0.717, 1.165) is 30.9 Å². The van der Waals surface area contributed by atoms with Crippen molar-refractivity contribution in [2.75, 3.05) is 20.1 Å². The topological polar surface area (TPSA) is 36.4 Å². The van der Waals surface area contributed by atoms with Crippen LogP contribution in [0, 0.1) is 11.8 Å². The Labute approximate surface area is 124 Å². The fourth-order valence-corrected chi connectivity index (χ4v) is 1.52. The third-order valence-electron chi connectivity index (χ3n) is 2.95. The second-order valence-electron chi connectivity index (χ2n) is 4.74. The molecule has 0 unspecified atom stereocenters. The molecule has 0 radical (unpaired) electrons. The summed E-state index contributed by atoms with van der Waals surface area (Å²) in [6, 6.07) is 0. The Morgan fingerprint density at radius 3 is 2.12 bits per heavy atom. The van der Waals surface area contributed by atoms with Gasteiger partial charge in [0.1, 0.15) is 0 Å². The molecule has 0 aromatic rings. The van der Waals surface area contributed by atoms with Crippen molar-refractivity contribution in [2.24, 2.45) is 16.8 Å². The first-order valence-electron chi connectivity index (χ1n) is 6.58. The Kier molecular flexibility index (Phi) is 14.2. The number of rotatable bonds is 7. The van der Waals surface area contributed by atoms with Gasteiger partial charge in [-0.3, -0.25) is 4.99 Å². The predicted octanol–water partition coefficient (Wildman–Crippen LogP) is 3.25. The molecule has 0 aliphatic carbocycles. The van der Waals surface area contributed by atoms with E-state index in [4.69, 9.17) is 0 Å². The molecular formula is C13H30IN3. The standard InChI is InChI=1S/C13H29N3.HI/c1-6-12(7-2)10-16-13(14-5)15-9-8-11(3)4;/h11-12H,6-10H2,1-5H3,(H2,14,15,16);1H. The van der Waals surface area contributed by atoms with Gasteiger partial charge in [0.25, 0.3) is 0 Å². The summed E-state index contributed by atoms with van der Waals surface area (Å²) in [7, 11) is 1.83. The highest BCUT2D eigenvalue weighted by Gasteiger charge is 2.04. The lowest BCUT2D eigenvalue weighted by molar-refractivity contribution is 0.480. The molecular weight excluding hydrogens is 325 g/mol. The van der Waals surface area contributed by atoms with Crippen molar-refractivity contribution in [3.63, 3.8) is 0 Å². The van der Waals surface area contributed by atoms with Crippen LogP contribution in [0.15, 0.2) is 4.99 Å². The maximum absolute atomic E-state index is 4.22. The van der Waals surface area contributed by atoms with Crippen LogP contribution in [-0.2, 0) is 0 Å². The van der Waals surface area contributed by atoms with Crippen molar-refractivity contribution in [2.45, 2.75) is 47.0 Å². The Morgan fingerprint density at radius 1 is 1.12 bits per heavy atom. The van der Waals surface area contributed by atoms with E-state index < -0.39 is 0 Å². The van der Waals surface area contributed by atoms with Gasteiger partial charge < -0.3 is 10.6 Å². The highest BCUT2D eigenvalue weighted by Crippen LogP contribution is 2.04. The molecule has 0 fully saturated rings. The smallest absolute Gasteiger partial charge is 0.190 e. The summed E-state index contributed by atoms with van der Waals surface area (Å²) in [6.45, 7) is 11.0. The molecule has 0 spiro atoms. The van der Waals surface area contributed by atoms with Gasteiger partial charge in [0, 0.05) is 20.1 Å². The van der Waals surface area contributed by atoms with Gasteiger partial charge >= 0.3 is 0 Å². The lowest BCUT2D eigenvalue weighted by Crippen LogP contribution is -2.40. The van der Waals surface area contributed by atoms with E-state index in [0.29, 0.717) is 0 Å². The minimum Gasteiger partial charge on any atom is -0.356 e. The van der Waals surface area contributed by atoms with Gasteiger partial charge in [0.05, 0.1) is 0 Å². The lowest BCUT2D eigenvalue weighted by Gasteiger charge is -2.17. The van der Waals surface area contributed by atoms with Crippen LogP contribution in [0.2, 0.25) is 0 Å². The molecule has 0 saturated carbocycles. The van der Waals surface area contributed by atoms with E-state index in [1.165, 1.54) is 19.3 Å².